The second-order valence-electron chi connectivity index (χ2n) is 4.78. The lowest BCUT2D eigenvalue weighted by Crippen LogP contribution is -2.26. The molecule has 18 heavy (non-hydrogen) atoms. The fraction of sp³-hybridized carbons (Fsp3) is 0.400. The smallest absolute Gasteiger partial charge is 0.224 e. The van der Waals surface area contributed by atoms with Gasteiger partial charge in [0, 0.05) is 11.0 Å². The minimum Gasteiger partial charge on any atom is -0.351 e. The first-order valence-corrected chi connectivity index (χ1v) is 7.15. The van der Waals surface area contributed by atoms with Crippen molar-refractivity contribution in [3.05, 3.63) is 46.0 Å². The summed E-state index contributed by atoms with van der Waals surface area (Å²) in [6.07, 6.45) is 5.36. The van der Waals surface area contributed by atoms with Gasteiger partial charge in [0.05, 0.1) is 6.42 Å². The maximum Gasteiger partial charge on any atom is 0.224 e. The molecule has 0 atom stereocenters. The molecular formula is C15H18BrNO. The minimum absolute atomic E-state index is 0.0476. The summed E-state index contributed by atoms with van der Waals surface area (Å²) in [5, 5.41) is 2.83. The number of carbonyl (C=O) groups excluding carboxylic acids is 1. The molecule has 0 heterocycles. The fourth-order valence-corrected chi connectivity index (χ4v) is 2.48. The van der Waals surface area contributed by atoms with Crippen molar-refractivity contribution in [1.29, 1.82) is 0 Å². The van der Waals surface area contributed by atoms with E-state index in [1.54, 1.807) is 0 Å². The molecule has 0 spiro atoms. The summed E-state index contributed by atoms with van der Waals surface area (Å²) in [7, 11) is 0. The second kappa shape index (κ2) is 6.19. The van der Waals surface area contributed by atoms with Gasteiger partial charge in [0.2, 0.25) is 5.91 Å². The van der Waals surface area contributed by atoms with Gasteiger partial charge in [0.25, 0.3) is 0 Å². The monoisotopic (exact) mass is 307 g/mol. The largest absolute Gasteiger partial charge is 0.351 e. The van der Waals surface area contributed by atoms with Crippen LogP contribution in [0, 0.1) is 0 Å². The molecule has 0 fully saturated rings. The standard InChI is InChI=1S/C15H18BrNO/c1-11(16)10-17-15(18)9-12-6-7-13-4-2-3-5-14(13)8-12/h6-8H,1-5,9-10H2,(H,17,18). The maximum atomic E-state index is 11.7. The number of nitrogens with one attached hydrogen (secondary N) is 1. The van der Waals surface area contributed by atoms with Crippen molar-refractivity contribution in [2.75, 3.05) is 6.54 Å². The topological polar surface area (TPSA) is 29.1 Å². The lowest BCUT2D eigenvalue weighted by molar-refractivity contribution is -0.120. The molecule has 96 valence electrons. The number of benzene rings is 1. The van der Waals surface area contributed by atoms with Gasteiger partial charge in [0.15, 0.2) is 0 Å². The molecule has 1 aromatic carbocycles. The van der Waals surface area contributed by atoms with E-state index in [0.29, 0.717) is 13.0 Å². The highest BCUT2D eigenvalue weighted by molar-refractivity contribution is 9.11. The minimum atomic E-state index is 0.0476. The van der Waals surface area contributed by atoms with Crippen LogP contribution < -0.4 is 5.32 Å². The molecule has 1 aliphatic carbocycles. The van der Waals surface area contributed by atoms with Crippen LogP contribution in [0.3, 0.4) is 0 Å². The Morgan fingerprint density at radius 1 is 1.28 bits per heavy atom. The Morgan fingerprint density at radius 3 is 2.72 bits per heavy atom. The highest BCUT2D eigenvalue weighted by Crippen LogP contribution is 2.22. The fourth-order valence-electron chi connectivity index (χ4n) is 2.34. The van der Waals surface area contributed by atoms with Gasteiger partial charge >= 0.3 is 0 Å². The van der Waals surface area contributed by atoms with Crippen molar-refractivity contribution in [2.45, 2.75) is 32.1 Å². The predicted molar refractivity (Wildman–Crippen MR) is 77.9 cm³/mol. The third kappa shape index (κ3) is 3.70. The summed E-state index contributed by atoms with van der Waals surface area (Å²) in [6.45, 7) is 4.18. The van der Waals surface area contributed by atoms with E-state index in [9.17, 15) is 4.79 Å². The highest BCUT2D eigenvalue weighted by atomic mass is 79.9. The third-order valence-electron chi connectivity index (χ3n) is 3.25. The van der Waals surface area contributed by atoms with Crippen molar-refractivity contribution in [1.82, 2.24) is 5.32 Å². The summed E-state index contributed by atoms with van der Waals surface area (Å²) < 4.78 is 0.793. The normalized spacial score (nSPS) is 13.8. The molecule has 0 aromatic heterocycles. The zero-order valence-electron chi connectivity index (χ0n) is 10.5. The summed E-state index contributed by atoms with van der Waals surface area (Å²) in [5.74, 6) is 0.0476. The van der Waals surface area contributed by atoms with Crippen molar-refractivity contribution in [2.24, 2.45) is 0 Å². The van der Waals surface area contributed by atoms with Crippen molar-refractivity contribution in [3.8, 4) is 0 Å². The van der Waals surface area contributed by atoms with Crippen molar-refractivity contribution in [3.63, 3.8) is 0 Å². The maximum absolute atomic E-state index is 11.7. The van der Waals surface area contributed by atoms with E-state index in [1.165, 1.54) is 30.4 Å². The molecule has 1 aliphatic rings. The van der Waals surface area contributed by atoms with Crippen LogP contribution in [-0.4, -0.2) is 12.5 Å². The van der Waals surface area contributed by atoms with Crippen LogP contribution in [0.4, 0.5) is 0 Å². The van der Waals surface area contributed by atoms with Gasteiger partial charge < -0.3 is 5.32 Å². The first-order valence-electron chi connectivity index (χ1n) is 6.36. The summed E-state index contributed by atoms with van der Waals surface area (Å²) in [4.78, 5) is 11.7. The Kier molecular flexibility index (Phi) is 4.59. The van der Waals surface area contributed by atoms with Gasteiger partial charge in [0.1, 0.15) is 0 Å². The zero-order chi connectivity index (χ0) is 13.0. The van der Waals surface area contributed by atoms with E-state index < -0.39 is 0 Å². The molecule has 3 heteroatoms. The molecular weight excluding hydrogens is 290 g/mol. The van der Waals surface area contributed by atoms with Crippen molar-refractivity contribution >= 4 is 21.8 Å². The van der Waals surface area contributed by atoms with Gasteiger partial charge in [-0.05, 0) is 42.4 Å². The van der Waals surface area contributed by atoms with Crippen LogP contribution in [0.25, 0.3) is 0 Å². The Bertz CT molecular complexity index is 468. The van der Waals surface area contributed by atoms with Gasteiger partial charge in [-0.3, -0.25) is 4.79 Å². The highest BCUT2D eigenvalue weighted by Gasteiger charge is 2.10. The van der Waals surface area contributed by atoms with E-state index >= 15 is 0 Å². The van der Waals surface area contributed by atoms with Crippen LogP contribution in [0.15, 0.2) is 29.3 Å². The number of hydrogen-bond acceptors (Lipinski definition) is 1. The molecule has 2 nitrogen and oxygen atoms in total. The van der Waals surface area contributed by atoms with Crippen LogP contribution in [0.2, 0.25) is 0 Å². The van der Waals surface area contributed by atoms with E-state index in [4.69, 9.17) is 0 Å². The van der Waals surface area contributed by atoms with Crippen molar-refractivity contribution < 1.29 is 4.79 Å². The van der Waals surface area contributed by atoms with Gasteiger partial charge in [-0.25, -0.2) is 0 Å². The lowest BCUT2D eigenvalue weighted by Gasteiger charge is -2.16. The van der Waals surface area contributed by atoms with E-state index in [2.05, 4.69) is 46.0 Å². The summed E-state index contributed by atoms with van der Waals surface area (Å²) in [6, 6.07) is 6.45. The number of halogens is 1. The molecule has 0 bridgehead atoms. The molecule has 1 N–H and O–H groups in total. The number of rotatable bonds is 4. The Balaban J connectivity index is 1.97. The number of fused-ring (bicyclic) bond motifs is 1. The SMILES string of the molecule is C=C(Br)CNC(=O)Cc1ccc2c(c1)CCCC2. The number of aryl methyl sites for hydroxylation is 2. The van der Waals surface area contributed by atoms with Crippen LogP contribution >= 0.6 is 15.9 Å². The molecule has 0 aliphatic heterocycles. The van der Waals surface area contributed by atoms with E-state index in [0.717, 1.165) is 16.5 Å². The van der Waals surface area contributed by atoms with Gasteiger partial charge in [-0.15, -0.1) is 0 Å². The predicted octanol–water partition coefficient (Wildman–Crippen LogP) is 3.13. The first-order chi connectivity index (χ1) is 8.65. The molecule has 1 aromatic rings. The van der Waals surface area contributed by atoms with Gasteiger partial charge in [-0.2, -0.15) is 0 Å². The van der Waals surface area contributed by atoms with Crippen LogP contribution in [0.5, 0.6) is 0 Å². The molecule has 2 rings (SSSR count). The quantitative estimate of drug-likeness (QED) is 0.910. The van der Waals surface area contributed by atoms with E-state index in [1.807, 2.05) is 0 Å². The number of amides is 1. The average Bonchev–Trinajstić information content (AvgIpc) is 2.36. The van der Waals surface area contributed by atoms with Crippen LogP contribution in [0.1, 0.15) is 29.5 Å². The molecule has 0 unspecified atom stereocenters. The Morgan fingerprint density at radius 2 is 2.00 bits per heavy atom. The Labute approximate surface area is 117 Å². The zero-order valence-corrected chi connectivity index (χ0v) is 12.1. The summed E-state index contributed by atoms with van der Waals surface area (Å²) >= 11 is 3.23. The molecule has 1 amide bonds. The third-order valence-corrected chi connectivity index (χ3v) is 3.54. The summed E-state index contributed by atoms with van der Waals surface area (Å²) in [5.41, 5.74) is 3.99. The lowest BCUT2D eigenvalue weighted by atomic mass is 9.90. The average molecular weight is 308 g/mol. The molecule has 0 saturated carbocycles. The number of carbonyl (C=O) groups is 1. The van der Waals surface area contributed by atoms with E-state index in [-0.39, 0.29) is 5.91 Å². The second-order valence-corrected chi connectivity index (χ2v) is 5.90. The molecule has 0 saturated heterocycles. The number of hydrogen-bond donors (Lipinski definition) is 1. The molecule has 0 radical (unpaired) electrons. The Hall–Kier alpha value is -1.09. The van der Waals surface area contributed by atoms with Crippen LogP contribution in [-0.2, 0) is 24.1 Å². The van der Waals surface area contributed by atoms with Gasteiger partial charge in [-0.1, -0.05) is 40.7 Å². The first kappa shape index (κ1) is 13.3.